The molecule has 2 unspecified atom stereocenters. The van der Waals surface area contributed by atoms with Crippen LogP contribution in [0, 0.1) is 0 Å². The van der Waals surface area contributed by atoms with Crippen molar-refractivity contribution in [1.29, 1.82) is 0 Å². The molecule has 2 rings (SSSR count). The number of carbonyl (C=O) groups is 1. The first-order valence-corrected chi connectivity index (χ1v) is 6.44. The van der Waals surface area contributed by atoms with Crippen LogP contribution in [0.25, 0.3) is 0 Å². The van der Waals surface area contributed by atoms with E-state index in [0.717, 1.165) is 24.2 Å². The van der Waals surface area contributed by atoms with Gasteiger partial charge in [0.15, 0.2) is 0 Å². The summed E-state index contributed by atoms with van der Waals surface area (Å²) < 4.78 is 5.63. The normalized spacial score (nSPS) is 20.3. The van der Waals surface area contributed by atoms with E-state index in [2.05, 4.69) is 5.32 Å². The van der Waals surface area contributed by atoms with Gasteiger partial charge in [-0.15, -0.1) is 0 Å². The Labute approximate surface area is 111 Å². The molecule has 0 bridgehead atoms. The van der Waals surface area contributed by atoms with Crippen LogP contribution >= 0.6 is 11.6 Å². The number of rotatable bonds is 2. The Morgan fingerprint density at radius 2 is 2.39 bits per heavy atom. The van der Waals surface area contributed by atoms with Crippen molar-refractivity contribution in [2.24, 2.45) is 5.73 Å². The average Bonchev–Trinajstić information content (AvgIpc) is 2.52. The van der Waals surface area contributed by atoms with Gasteiger partial charge < -0.3 is 15.8 Å². The van der Waals surface area contributed by atoms with Crippen LogP contribution in [0.4, 0.5) is 0 Å². The zero-order chi connectivity index (χ0) is 13.1. The highest BCUT2D eigenvalue weighted by atomic mass is 35.5. The zero-order valence-corrected chi connectivity index (χ0v) is 11.0. The lowest BCUT2D eigenvalue weighted by molar-refractivity contribution is -0.122. The van der Waals surface area contributed by atoms with Crippen LogP contribution in [-0.2, 0) is 4.79 Å². The predicted molar refractivity (Wildman–Crippen MR) is 70.7 cm³/mol. The molecular weight excluding hydrogens is 252 g/mol. The third kappa shape index (κ3) is 2.94. The summed E-state index contributed by atoms with van der Waals surface area (Å²) in [6, 6.07) is 4.87. The van der Waals surface area contributed by atoms with Crippen molar-refractivity contribution in [1.82, 2.24) is 5.32 Å². The maximum atomic E-state index is 11.7. The second-order valence-electron chi connectivity index (χ2n) is 4.52. The topological polar surface area (TPSA) is 64.4 Å². The second-order valence-corrected chi connectivity index (χ2v) is 4.96. The van der Waals surface area contributed by atoms with E-state index in [4.69, 9.17) is 22.1 Å². The SMILES string of the molecule is CC(N)C(=O)NC1CCCOc2ccc(Cl)cc21. The molecule has 0 aliphatic carbocycles. The fourth-order valence-electron chi connectivity index (χ4n) is 2.00. The molecule has 98 valence electrons. The maximum absolute atomic E-state index is 11.7. The van der Waals surface area contributed by atoms with E-state index in [1.165, 1.54) is 0 Å². The fraction of sp³-hybridized carbons (Fsp3) is 0.462. The van der Waals surface area contributed by atoms with Gasteiger partial charge in [-0.3, -0.25) is 4.79 Å². The minimum absolute atomic E-state index is 0.0836. The first kappa shape index (κ1) is 13.2. The molecule has 1 aliphatic rings. The van der Waals surface area contributed by atoms with Crippen LogP contribution in [0.1, 0.15) is 31.4 Å². The van der Waals surface area contributed by atoms with Crippen LogP contribution in [0.5, 0.6) is 5.75 Å². The molecule has 0 fully saturated rings. The van der Waals surface area contributed by atoms with Gasteiger partial charge in [-0.25, -0.2) is 0 Å². The number of carbonyl (C=O) groups excluding carboxylic acids is 1. The summed E-state index contributed by atoms with van der Waals surface area (Å²) in [5.41, 5.74) is 6.50. The highest BCUT2D eigenvalue weighted by Gasteiger charge is 2.22. The van der Waals surface area contributed by atoms with E-state index in [9.17, 15) is 4.79 Å². The monoisotopic (exact) mass is 268 g/mol. The summed E-state index contributed by atoms with van der Waals surface area (Å²) >= 11 is 6.00. The van der Waals surface area contributed by atoms with E-state index in [1.807, 2.05) is 12.1 Å². The van der Waals surface area contributed by atoms with Crippen LogP contribution in [0.15, 0.2) is 18.2 Å². The molecule has 1 aromatic rings. The summed E-state index contributed by atoms with van der Waals surface area (Å²) in [5, 5.41) is 3.58. The van der Waals surface area contributed by atoms with E-state index < -0.39 is 6.04 Å². The van der Waals surface area contributed by atoms with Gasteiger partial charge in [0.2, 0.25) is 5.91 Å². The number of hydrogen-bond acceptors (Lipinski definition) is 3. The van der Waals surface area contributed by atoms with Crippen LogP contribution < -0.4 is 15.8 Å². The quantitative estimate of drug-likeness (QED) is 0.862. The summed E-state index contributed by atoms with van der Waals surface area (Å²) in [5.74, 6) is 0.625. The van der Waals surface area contributed by atoms with Gasteiger partial charge in [-0.1, -0.05) is 11.6 Å². The number of benzene rings is 1. The highest BCUT2D eigenvalue weighted by Crippen LogP contribution is 2.33. The van der Waals surface area contributed by atoms with Crippen LogP contribution in [0.3, 0.4) is 0 Å². The Hall–Kier alpha value is -1.26. The molecule has 0 saturated heterocycles. The van der Waals surface area contributed by atoms with Gasteiger partial charge in [0.05, 0.1) is 18.7 Å². The molecule has 3 N–H and O–H groups in total. The second kappa shape index (κ2) is 5.59. The van der Waals surface area contributed by atoms with Crippen molar-refractivity contribution in [2.75, 3.05) is 6.61 Å². The van der Waals surface area contributed by atoms with Gasteiger partial charge >= 0.3 is 0 Å². The van der Waals surface area contributed by atoms with Gasteiger partial charge in [0.1, 0.15) is 5.75 Å². The zero-order valence-electron chi connectivity index (χ0n) is 10.3. The number of amides is 1. The Morgan fingerprint density at radius 3 is 3.11 bits per heavy atom. The van der Waals surface area contributed by atoms with Crippen molar-refractivity contribution in [2.45, 2.75) is 31.8 Å². The summed E-state index contributed by atoms with van der Waals surface area (Å²) in [7, 11) is 0. The third-order valence-corrected chi connectivity index (χ3v) is 3.21. The molecule has 5 heteroatoms. The lowest BCUT2D eigenvalue weighted by atomic mass is 10.0. The van der Waals surface area contributed by atoms with E-state index >= 15 is 0 Å². The lowest BCUT2D eigenvalue weighted by Crippen LogP contribution is -2.40. The average molecular weight is 269 g/mol. The fourth-order valence-corrected chi connectivity index (χ4v) is 2.18. The largest absolute Gasteiger partial charge is 0.493 e. The highest BCUT2D eigenvalue weighted by molar-refractivity contribution is 6.30. The van der Waals surface area contributed by atoms with Crippen molar-refractivity contribution in [3.8, 4) is 5.75 Å². The minimum atomic E-state index is -0.517. The number of ether oxygens (including phenoxy) is 1. The molecule has 0 aromatic heterocycles. The maximum Gasteiger partial charge on any atom is 0.237 e. The Balaban J connectivity index is 2.26. The molecule has 4 nitrogen and oxygen atoms in total. The van der Waals surface area contributed by atoms with E-state index in [0.29, 0.717) is 11.6 Å². The number of fused-ring (bicyclic) bond motifs is 1. The Morgan fingerprint density at radius 1 is 1.61 bits per heavy atom. The summed E-state index contributed by atoms with van der Waals surface area (Å²) in [4.78, 5) is 11.7. The van der Waals surface area contributed by atoms with Gasteiger partial charge in [-0.2, -0.15) is 0 Å². The lowest BCUT2D eigenvalue weighted by Gasteiger charge is -2.19. The Bertz CT molecular complexity index is 449. The van der Waals surface area contributed by atoms with Crippen LogP contribution in [0.2, 0.25) is 5.02 Å². The molecule has 0 radical (unpaired) electrons. The standard InChI is InChI=1S/C13H17ClN2O2/c1-8(15)13(17)16-11-3-2-6-18-12-5-4-9(14)7-10(11)12/h4-5,7-8,11H,2-3,6,15H2,1H3,(H,16,17). The third-order valence-electron chi connectivity index (χ3n) is 2.97. The van der Waals surface area contributed by atoms with Crippen LogP contribution in [-0.4, -0.2) is 18.6 Å². The minimum Gasteiger partial charge on any atom is -0.493 e. The van der Waals surface area contributed by atoms with Gasteiger partial charge in [-0.05, 0) is 38.0 Å². The van der Waals surface area contributed by atoms with Crippen molar-refractivity contribution < 1.29 is 9.53 Å². The molecule has 0 saturated carbocycles. The molecule has 1 heterocycles. The van der Waals surface area contributed by atoms with Gasteiger partial charge in [0.25, 0.3) is 0 Å². The number of nitrogens with one attached hydrogen (secondary N) is 1. The van der Waals surface area contributed by atoms with Gasteiger partial charge in [0, 0.05) is 10.6 Å². The van der Waals surface area contributed by atoms with Crippen molar-refractivity contribution >= 4 is 17.5 Å². The molecule has 18 heavy (non-hydrogen) atoms. The summed E-state index contributed by atoms with van der Waals surface area (Å²) in [6.07, 6.45) is 1.71. The summed E-state index contributed by atoms with van der Waals surface area (Å²) in [6.45, 7) is 2.32. The number of nitrogens with two attached hydrogens (primary N) is 1. The van der Waals surface area contributed by atoms with E-state index in [1.54, 1.807) is 13.0 Å². The molecular formula is C13H17ClN2O2. The first-order chi connectivity index (χ1) is 8.58. The number of hydrogen-bond donors (Lipinski definition) is 2. The van der Waals surface area contributed by atoms with Crippen molar-refractivity contribution in [3.63, 3.8) is 0 Å². The van der Waals surface area contributed by atoms with Crippen molar-refractivity contribution in [3.05, 3.63) is 28.8 Å². The number of halogens is 1. The smallest absolute Gasteiger partial charge is 0.237 e. The molecule has 1 amide bonds. The molecule has 1 aliphatic heterocycles. The first-order valence-electron chi connectivity index (χ1n) is 6.06. The molecule has 1 aromatic carbocycles. The predicted octanol–water partition coefficient (Wildman–Crippen LogP) is 2.02. The molecule has 2 atom stereocenters. The Kier molecular flexibility index (Phi) is 4.09. The van der Waals surface area contributed by atoms with E-state index in [-0.39, 0.29) is 11.9 Å². The molecule has 0 spiro atoms.